The molecular formula is C43H32BN3. The van der Waals surface area contributed by atoms with Gasteiger partial charge in [-0.05, 0) is 87.7 Å². The molecule has 2 aliphatic heterocycles. The summed E-state index contributed by atoms with van der Waals surface area (Å²) in [4.78, 5) is 4.84. The van der Waals surface area contributed by atoms with E-state index in [1.807, 2.05) is 0 Å². The van der Waals surface area contributed by atoms with Crippen molar-refractivity contribution in [3.8, 4) is 11.1 Å². The first kappa shape index (κ1) is 27.3. The Balaban J connectivity index is 1.22. The van der Waals surface area contributed by atoms with Crippen molar-refractivity contribution in [2.24, 2.45) is 0 Å². The lowest BCUT2D eigenvalue weighted by atomic mass is 9.33. The SMILES string of the molecule is c1ccc(CN2c3cc(-c4ccccc4)ccc3B3c4ccc(N(c5ccccc5)c5ccccc5)cc4Nc4cccc2c43)cc1. The highest BCUT2D eigenvalue weighted by atomic mass is 15.2. The molecule has 47 heavy (non-hydrogen) atoms. The molecule has 0 bridgehead atoms. The van der Waals surface area contributed by atoms with E-state index in [0.717, 1.165) is 29.3 Å². The first-order chi connectivity index (χ1) is 23.3. The van der Waals surface area contributed by atoms with Crippen LogP contribution in [-0.2, 0) is 6.54 Å². The second-order valence-electron chi connectivity index (χ2n) is 12.3. The quantitative estimate of drug-likeness (QED) is 0.192. The highest BCUT2D eigenvalue weighted by molar-refractivity contribution is 7.00. The van der Waals surface area contributed by atoms with Gasteiger partial charge in [0.25, 0.3) is 6.71 Å². The fraction of sp³-hybridized carbons (Fsp3) is 0.0233. The molecule has 222 valence electrons. The standard InChI is InChI=1S/C43H32BN3/c1-5-14-31(15-6-1)30-46-41-23-13-22-39-43(41)44(38-26-24-33(28-42(38)46)32-16-7-2-8-17-32)37-27-25-36(29-40(37)45-39)47(34-18-9-3-10-19-34)35-20-11-4-12-21-35/h1-29,45H,30H2. The van der Waals surface area contributed by atoms with Crippen LogP contribution >= 0.6 is 0 Å². The van der Waals surface area contributed by atoms with E-state index in [-0.39, 0.29) is 6.71 Å². The van der Waals surface area contributed by atoms with Crippen LogP contribution in [0.5, 0.6) is 0 Å². The number of nitrogens with zero attached hydrogens (tertiary/aromatic N) is 2. The molecule has 9 rings (SSSR count). The Hall–Kier alpha value is -6.00. The molecule has 7 aromatic carbocycles. The van der Waals surface area contributed by atoms with Crippen molar-refractivity contribution < 1.29 is 0 Å². The molecule has 0 saturated heterocycles. The van der Waals surface area contributed by atoms with Gasteiger partial charge in [0.1, 0.15) is 0 Å². The van der Waals surface area contributed by atoms with E-state index in [4.69, 9.17) is 0 Å². The molecule has 0 aromatic heterocycles. The Kier molecular flexibility index (Phi) is 6.64. The number of para-hydroxylation sites is 2. The van der Waals surface area contributed by atoms with E-state index < -0.39 is 0 Å². The zero-order valence-corrected chi connectivity index (χ0v) is 25.9. The highest BCUT2D eigenvalue weighted by Gasteiger charge is 2.40. The average Bonchev–Trinajstić information content (AvgIpc) is 3.14. The summed E-state index contributed by atoms with van der Waals surface area (Å²) < 4.78 is 0. The molecule has 0 radical (unpaired) electrons. The molecule has 0 fully saturated rings. The van der Waals surface area contributed by atoms with E-state index in [9.17, 15) is 0 Å². The van der Waals surface area contributed by atoms with E-state index in [0.29, 0.717) is 0 Å². The van der Waals surface area contributed by atoms with Crippen LogP contribution in [0.25, 0.3) is 11.1 Å². The molecule has 0 unspecified atom stereocenters. The van der Waals surface area contributed by atoms with Crippen LogP contribution in [0.3, 0.4) is 0 Å². The summed E-state index contributed by atoms with van der Waals surface area (Å²) in [6.45, 7) is 0.907. The third kappa shape index (κ3) is 4.77. The number of fused-ring (bicyclic) bond motifs is 4. The lowest BCUT2D eigenvalue weighted by Crippen LogP contribution is -2.60. The normalized spacial score (nSPS) is 12.4. The molecule has 2 aliphatic rings. The second kappa shape index (κ2) is 11.4. The average molecular weight is 602 g/mol. The fourth-order valence-electron chi connectivity index (χ4n) is 7.37. The summed E-state index contributed by atoms with van der Waals surface area (Å²) in [5.74, 6) is 0. The summed E-state index contributed by atoms with van der Waals surface area (Å²) in [6, 6.07) is 63.5. The predicted octanol–water partition coefficient (Wildman–Crippen LogP) is 9.05. The molecule has 2 heterocycles. The lowest BCUT2D eigenvalue weighted by Gasteiger charge is -2.41. The van der Waals surface area contributed by atoms with Crippen molar-refractivity contribution >= 4 is 62.9 Å². The van der Waals surface area contributed by atoms with Crippen molar-refractivity contribution in [3.63, 3.8) is 0 Å². The van der Waals surface area contributed by atoms with E-state index in [1.165, 1.54) is 50.1 Å². The third-order valence-corrected chi connectivity index (χ3v) is 9.49. The first-order valence-corrected chi connectivity index (χ1v) is 16.3. The minimum atomic E-state index is 0.111. The van der Waals surface area contributed by atoms with Crippen LogP contribution in [0, 0.1) is 0 Å². The fourth-order valence-corrected chi connectivity index (χ4v) is 7.37. The van der Waals surface area contributed by atoms with Gasteiger partial charge in [-0.2, -0.15) is 0 Å². The molecule has 3 nitrogen and oxygen atoms in total. The summed E-state index contributed by atoms with van der Waals surface area (Å²) in [5, 5.41) is 3.88. The minimum absolute atomic E-state index is 0.111. The van der Waals surface area contributed by atoms with E-state index >= 15 is 0 Å². The largest absolute Gasteiger partial charge is 0.356 e. The Morgan fingerprint density at radius 3 is 1.81 bits per heavy atom. The van der Waals surface area contributed by atoms with Gasteiger partial charge in [-0.25, -0.2) is 0 Å². The molecular weight excluding hydrogens is 569 g/mol. The van der Waals surface area contributed by atoms with Crippen LogP contribution in [-0.4, -0.2) is 6.71 Å². The molecule has 0 aliphatic carbocycles. The van der Waals surface area contributed by atoms with Crippen LogP contribution in [0.4, 0.5) is 39.8 Å². The smallest absolute Gasteiger partial charge is 0.252 e. The van der Waals surface area contributed by atoms with Crippen molar-refractivity contribution in [2.45, 2.75) is 6.54 Å². The van der Waals surface area contributed by atoms with Gasteiger partial charge < -0.3 is 15.1 Å². The van der Waals surface area contributed by atoms with Gasteiger partial charge >= 0.3 is 0 Å². The summed E-state index contributed by atoms with van der Waals surface area (Å²) in [5.41, 5.74) is 15.9. The zero-order valence-electron chi connectivity index (χ0n) is 25.9. The van der Waals surface area contributed by atoms with Gasteiger partial charge in [0.15, 0.2) is 0 Å². The number of hydrogen-bond acceptors (Lipinski definition) is 3. The molecule has 0 saturated carbocycles. The molecule has 7 aromatic rings. The minimum Gasteiger partial charge on any atom is -0.356 e. The maximum Gasteiger partial charge on any atom is 0.252 e. The van der Waals surface area contributed by atoms with Gasteiger partial charge in [0.05, 0.1) is 0 Å². The van der Waals surface area contributed by atoms with Gasteiger partial charge in [-0.1, -0.05) is 121 Å². The van der Waals surface area contributed by atoms with Crippen LogP contribution in [0.15, 0.2) is 176 Å². The third-order valence-electron chi connectivity index (χ3n) is 9.49. The number of hydrogen-bond donors (Lipinski definition) is 1. The van der Waals surface area contributed by atoms with Crippen LogP contribution in [0.2, 0.25) is 0 Å². The van der Waals surface area contributed by atoms with Gasteiger partial charge in [-0.15, -0.1) is 0 Å². The van der Waals surface area contributed by atoms with Crippen molar-refractivity contribution in [2.75, 3.05) is 15.1 Å². The molecule has 0 atom stereocenters. The summed E-state index contributed by atoms with van der Waals surface area (Å²) in [7, 11) is 0. The van der Waals surface area contributed by atoms with Gasteiger partial charge in [-0.3, -0.25) is 0 Å². The van der Waals surface area contributed by atoms with Gasteiger partial charge in [0, 0.05) is 46.4 Å². The van der Waals surface area contributed by atoms with Crippen molar-refractivity contribution in [1.82, 2.24) is 0 Å². The predicted molar refractivity (Wildman–Crippen MR) is 200 cm³/mol. The molecule has 0 spiro atoms. The lowest BCUT2D eigenvalue weighted by molar-refractivity contribution is 0.979. The summed E-state index contributed by atoms with van der Waals surface area (Å²) >= 11 is 0. The second-order valence-corrected chi connectivity index (χ2v) is 12.3. The zero-order chi connectivity index (χ0) is 31.2. The Bertz CT molecular complexity index is 2160. The maximum atomic E-state index is 3.88. The van der Waals surface area contributed by atoms with Crippen LogP contribution < -0.4 is 31.5 Å². The number of rotatable bonds is 6. The first-order valence-electron chi connectivity index (χ1n) is 16.3. The van der Waals surface area contributed by atoms with Crippen LogP contribution in [0.1, 0.15) is 5.56 Å². The Morgan fingerprint density at radius 2 is 1.11 bits per heavy atom. The topological polar surface area (TPSA) is 18.5 Å². The number of nitrogens with one attached hydrogen (secondary N) is 1. The molecule has 1 N–H and O–H groups in total. The van der Waals surface area contributed by atoms with Crippen molar-refractivity contribution in [3.05, 3.63) is 181 Å². The molecule has 4 heteroatoms. The highest BCUT2D eigenvalue weighted by Crippen LogP contribution is 2.40. The van der Waals surface area contributed by atoms with Crippen molar-refractivity contribution in [1.29, 1.82) is 0 Å². The van der Waals surface area contributed by atoms with Gasteiger partial charge in [0.2, 0.25) is 0 Å². The number of anilines is 7. The monoisotopic (exact) mass is 601 g/mol. The Morgan fingerprint density at radius 1 is 0.468 bits per heavy atom. The maximum absolute atomic E-state index is 3.88. The van der Waals surface area contributed by atoms with E-state index in [2.05, 4.69) is 191 Å². The van der Waals surface area contributed by atoms with E-state index in [1.54, 1.807) is 0 Å². The summed E-state index contributed by atoms with van der Waals surface area (Å²) in [6.07, 6.45) is 0. The Labute approximate surface area is 276 Å². The number of benzene rings is 7. The molecule has 0 amide bonds.